The van der Waals surface area contributed by atoms with E-state index in [1.807, 2.05) is 0 Å². The van der Waals surface area contributed by atoms with Gasteiger partial charge in [0.25, 0.3) is 0 Å². The first-order valence-corrected chi connectivity index (χ1v) is 2.21. The maximum atomic E-state index is 3.68. The molecule has 0 aromatic heterocycles. The molecule has 0 aromatic carbocycles. The molecule has 0 heterocycles. The van der Waals surface area contributed by atoms with Crippen molar-refractivity contribution < 1.29 is 20.1 Å². The summed E-state index contributed by atoms with van der Waals surface area (Å²) in [5.74, 6) is 0. The first kappa shape index (κ1) is 33.5. The Bertz CT molecular complexity index is 16.4. The SMILES string of the molecule is C.C.[CH2-]CCCC.[Ir].[NH2-]. The van der Waals surface area contributed by atoms with Crippen LogP contribution in [0.3, 0.4) is 0 Å². The molecule has 1 radical (unpaired) electrons. The minimum atomic E-state index is 0. The van der Waals surface area contributed by atoms with Gasteiger partial charge in [0.2, 0.25) is 0 Å². The smallest absolute Gasteiger partial charge is 0 e. The van der Waals surface area contributed by atoms with Crippen molar-refractivity contribution in [2.75, 3.05) is 0 Å². The second-order valence-corrected chi connectivity index (χ2v) is 1.21. The van der Waals surface area contributed by atoms with E-state index in [1.165, 1.54) is 12.8 Å². The van der Waals surface area contributed by atoms with Gasteiger partial charge in [-0.25, -0.2) is 0 Å². The summed E-state index contributed by atoms with van der Waals surface area (Å²) in [6.45, 7) is 5.85. The fourth-order valence-electron chi connectivity index (χ4n) is 0.250. The molecule has 0 aromatic rings. The van der Waals surface area contributed by atoms with Gasteiger partial charge in [0.05, 0.1) is 0 Å². The van der Waals surface area contributed by atoms with Crippen LogP contribution in [0, 0.1) is 6.92 Å². The number of hydrogen-bond donors (Lipinski definition) is 0. The fourth-order valence-corrected chi connectivity index (χ4v) is 0.250. The van der Waals surface area contributed by atoms with Crippen LogP contribution in [0.15, 0.2) is 0 Å². The van der Waals surface area contributed by atoms with Gasteiger partial charge in [-0.2, -0.15) is 6.42 Å². The molecule has 0 aliphatic heterocycles. The summed E-state index contributed by atoms with van der Waals surface area (Å²) in [4.78, 5) is 0. The van der Waals surface area contributed by atoms with Crippen LogP contribution in [0.1, 0.15) is 41.0 Å². The van der Waals surface area contributed by atoms with Crippen molar-refractivity contribution in [2.24, 2.45) is 0 Å². The van der Waals surface area contributed by atoms with E-state index >= 15 is 0 Å². The molecule has 0 amide bonds. The maximum absolute atomic E-state index is 3.68. The van der Waals surface area contributed by atoms with Crippen molar-refractivity contribution in [1.29, 1.82) is 0 Å². The second-order valence-electron chi connectivity index (χ2n) is 1.21. The molecule has 1 nitrogen and oxygen atoms in total. The van der Waals surface area contributed by atoms with Gasteiger partial charge in [-0.15, -0.1) is 0 Å². The average Bonchev–Trinajstić information content (AvgIpc) is 1.41. The molecule has 2 heteroatoms. The fraction of sp³-hybridized carbons (Fsp3) is 0.857. The van der Waals surface area contributed by atoms with Gasteiger partial charge in [-0.3, -0.25) is 0 Å². The third-order valence-electron chi connectivity index (χ3n) is 0.604. The summed E-state index contributed by atoms with van der Waals surface area (Å²) in [7, 11) is 0. The van der Waals surface area contributed by atoms with Crippen LogP contribution in [0.4, 0.5) is 0 Å². The van der Waals surface area contributed by atoms with Crippen LogP contribution in [0.2, 0.25) is 0 Å². The number of hydrogen-bond acceptors (Lipinski definition) is 0. The molecule has 9 heavy (non-hydrogen) atoms. The predicted octanol–water partition coefficient (Wildman–Crippen LogP) is 4.00. The maximum Gasteiger partial charge on any atom is 0 e. The Morgan fingerprint density at radius 3 is 1.56 bits per heavy atom. The molecule has 0 rings (SSSR count). The largest absolute Gasteiger partial charge is 0.693 e. The van der Waals surface area contributed by atoms with Gasteiger partial charge >= 0.3 is 0 Å². The summed E-state index contributed by atoms with van der Waals surface area (Å²) in [6, 6.07) is 0. The summed E-state index contributed by atoms with van der Waals surface area (Å²) >= 11 is 0. The van der Waals surface area contributed by atoms with Crippen molar-refractivity contribution in [3.63, 3.8) is 0 Å². The topological polar surface area (TPSA) is 33.5 Å². The zero-order chi connectivity index (χ0) is 4.12. The second kappa shape index (κ2) is 38.3. The van der Waals surface area contributed by atoms with Crippen LogP contribution in [-0.2, 0) is 20.1 Å². The Labute approximate surface area is 74.6 Å². The van der Waals surface area contributed by atoms with Gasteiger partial charge in [-0.1, -0.05) is 34.6 Å². The number of nitrogens with two attached hydrogens (primary N) is 1. The van der Waals surface area contributed by atoms with Crippen molar-refractivity contribution in [1.82, 2.24) is 0 Å². The monoisotopic (exact) mass is 312 g/mol. The van der Waals surface area contributed by atoms with Crippen LogP contribution in [0.25, 0.3) is 6.15 Å². The normalized spacial score (nSPS) is 4.67. The molecule has 0 fully saturated rings. The Morgan fingerprint density at radius 2 is 1.56 bits per heavy atom. The molecule has 0 atom stereocenters. The van der Waals surface area contributed by atoms with E-state index in [2.05, 4.69) is 13.8 Å². The summed E-state index contributed by atoms with van der Waals surface area (Å²) in [5, 5.41) is 0. The van der Waals surface area contributed by atoms with Crippen LogP contribution >= 0.6 is 0 Å². The molecular weight excluding hydrogens is 290 g/mol. The molecule has 0 aliphatic rings. The molecular formula is C7H21IrN-2. The Kier molecular flexibility index (Phi) is 143. The Hall–Kier alpha value is 0.609. The molecule has 0 bridgehead atoms. The Morgan fingerprint density at radius 1 is 1.22 bits per heavy atom. The van der Waals surface area contributed by atoms with E-state index < -0.39 is 0 Å². The molecule has 2 N–H and O–H groups in total. The molecule has 0 unspecified atom stereocenters. The minimum Gasteiger partial charge on any atom is -0.693 e. The third-order valence-corrected chi connectivity index (χ3v) is 0.604. The third kappa shape index (κ3) is 55.2. The first-order valence-electron chi connectivity index (χ1n) is 2.21. The Balaban J connectivity index is -0.0000000133. The average molecular weight is 311 g/mol. The quantitative estimate of drug-likeness (QED) is 0.691. The zero-order valence-electron chi connectivity index (χ0n) is 4.74. The predicted molar refractivity (Wildman–Crippen MR) is 43.6 cm³/mol. The molecule has 0 aliphatic carbocycles. The van der Waals surface area contributed by atoms with E-state index in [-0.39, 0.29) is 41.1 Å². The number of rotatable bonds is 2. The summed E-state index contributed by atoms with van der Waals surface area (Å²) < 4.78 is 0. The summed E-state index contributed by atoms with van der Waals surface area (Å²) in [5.41, 5.74) is 0. The molecule has 65 valence electrons. The minimum absolute atomic E-state index is 0. The van der Waals surface area contributed by atoms with Gasteiger partial charge in [0, 0.05) is 20.1 Å². The van der Waals surface area contributed by atoms with Crippen molar-refractivity contribution in [3.8, 4) is 0 Å². The van der Waals surface area contributed by atoms with Gasteiger partial charge < -0.3 is 13.1 Å². The molecule has 0 saturated heterocycles. The van der Waals surface area contributed by atoms with E-state index in [0.717, 1.165) is 6.42 Å². The zero-order valence-corrected chi connectivity index (χ0v) is 7.13. The van der Waals surface area contributed by atoms with E-state index in [9.17, 15) is 0 Å². The summed E-state index contributed by atoms with van der Waals surface area (Å²) in [6.07, 6.45) is 3.65. The molecule has 0 saturated carbocycles. The van der Waals surface area contributed by atoms with Crippen LogP contribution < -0.4 is 0 Å². The van der Waals surface area contributed by atoms with Gasteiger partial charge in [0.1, 0.15) is 0 Å². The van der Waals surface area contributed by atoms with Crippen LogP contribution in [0.5, 0.6) is 0 Å². The van der Waals surface area contributed by atoms with Crippen molar-refractivity contribution >= 4 is 0 Å². The first-order chi connectivity index (χ1) is 2.41. The number of unbranched alkanes of at least 4 members (excludes halogenated alkanes) is 2. The van der Waals surface area contributed by atoms with E-state index in [4.69, 9.17) is 0 Å². The van der Waals surface area contributed by atoms with E-state index in [1.54, 1.807) is 0 Å². The van der Waals surface area contributed by atoms with Crippen molar-refractivity contribution in [3.05, 3.63) is 13.1 Å². The van der Waals surface area contributed by atoms with Gasteiger partial charge in [-0.05, 0) is 0 Å². The van der Waals surface area contributed by atoms with E-state index in [0.29, 0.717) is 0 Å². The van der Waals surface area contributed by atoms with Gasteiger partial charge in [0.15, 0.2) is 0 Å². The standard InChI is InChI=1S/C5H11.2CH4.Ir.H2N/c1-3-5-4-2;;;;/h1,3-5H2,2H3;2*1H4;;1H2/q-1;;;;-1. The van der Waals surface area contributed by atoms with Crippen molar-refractivity contribution in [2.45, 2.75) is 41.0 Å². The van der Waals surface area contributed by atoms with Crippen LogP contribution in [-0.4, -0.2) is 0 Å². The molecule has 0 spiro atoms.